The summed E-state index contributed by atoms with van der Waals surface area (Å²) in [7, 11) is 0. The molecular weight excluding hydrogens is 245 g/mol. The summed E-state index contributed by atoms with van der Waals surface area (Å²) >= 11 is 0. The van der Waals surface area contributed by atoms with Crippen molar-refractivity contribution < 1.29 is 9.18 Å². The molecule has 0 unspecified atom stereocenters. The van der Waals surface area contributed by atoms with E-state index in [1.807, 2.05) is 6.07 Å². The summed E-state index contributed by atoms with van der Waals surface area (Å²) in [5.74, 6) is -0.923. The highest BCUT2D eigenvalue weighted by molar-refractivity contribution is 5.99. The van der Waals surface area contributed by atoms with Gasteiger partial charge in [-0.2, -0.15) is 5.10 Å². The van der Waals surface area contributed by atoms with Crippen LogP contribution in [0.25, 0.3) is 0 Å². The topological polar surface area (TPSA) is 54.4 Å². The molecule has 0 radical (unpaired) electrons. The number of amides is 1. The summed E-state index contributed by atoms with van der Waals surface area (Å²) in [6, 6.07) is 10.8. The first kappa shape index (κ1) is 12.9. The lowest BCUT2D eigenvalue weighted by Gasteiger charge is -2.02. The summed E-state index contributed by atoms with van der Waals surface area (Å²) in [5, 5.41) is 3.93. The second kappa shape index (κ2) is 5.86. The van der Waals surface area contributed by atoms with Gasteiger partial charge in [0.15, 0.2) is 0 Å². The summed E-state index contributed by atoms with van der Waals surface area (Å²) < 4.78 is 13.0. The maximum atomic E-state index is 13.0. The van der Waals surface area contributed by atoms with Crippen molar-refractivity contribution in [3.05, 3.63) is 65.7 Å². The van der Waals surface area contributed by atoms with Gasteiger partial charge < -0.3 is 0 Å². The number of pyridine rings is 1. The number of benzene rings is 1. The fourth-order valence-corrected chi connectivity index (χ4v) is 1.46. The zero-order valence-electron chi connectivity index (χ0n) is 10.3. The van der Waals surface area contributed by atoms with Gasteiger partial charge in [-0.3, -0.25) is 9.78 Å². The van der Waals surface area contributed by atoms with Crippen molar-refractivity contribution in [2.45, 2.75) is 6.92 Å². The van der Waals surface area contributed by atoms with Crippen LogP contribution < -0.4 is 5.43 Å². The number of hydrogen-bond donors (Lipinski definition) is 1. The van der Waals surface area contributed by atoms with Crippen LogP contribution in [0.5, 0.6) is 0 Å². The first-order chi connectivity index (χ1) is 9.16. The molecule has 1 heterocycles. The molecule has 1 aromatic carbocycles. The Labute approximate surface area is 110 Å². The molecule has 19 heavy (non-hydrogen) atoms. The zero-order valence-corrected chi connectivity index (χ0v) is 10.3. The number of aromatic nitrogens is 1. The Balaban J connectivity index is 2.08. The summed E-state index contributed by atoms with van der Waals surface area (Å²) in [6.07, 6.45) is 1.64. The molecule has 0 fully saturated rings. The molecule has 0 aliphatic rings. The first-order valence-electron chi connectivity index (χ1n) is 5.68. The molecule has 1 aromatic heterocycles. The number of rotatable bonds is 3. The summed E-state index contributed by atoms with van der Waals surface area (Å²) in [5.41, 5.74) is 3.83. The first-order valence-corrected chi connectivity index (χ1v) is 5.68. The number of halogens is 1. The number of nitrogens with one attached hydrogen (secondary N) is 1. The largest absolute Gasteiger partial charge is 0.271 e. The van der Waals surface area contributed by atoms with E-state index in [0.717, 1.165) is 6.07 Å². The number of carbonyl (C=O) groups is 1. The number of hydrogen-bond acceptors (Lipinski definition) is 3. The lowest BCUT2D eigenvalue weighted by atomic mass is 10.2. The average molecular weight is 257 g/mol. The highest BCUT2D eigenvalue weighted by Crippen LogP contribution is 2.03. The third-order valence-electron chi connectivity index (χ3n) is 2.45. The van der Waals surface area contributed by atoms with Crippen LogP contribution in [0, 0.1) is 5.82 Å². The van der Waals surface area contributed by atoms with Crippen molar-refractivity contribution in [1.82, 2.24) is 10.4 Å². The Hall–Kier alpha value is -2.56. The van der Waals surface area contributed by atoms with Crippen LogP contribution in [0.4, 0.5) is 4.39 Å². The van der Waals surface area contributed by atoms with Crippen molar-refractivity contribution in [1.29, 1.82) is 0 Å². The molecule has 96 valence electrons. The van der Waals surface area contributed by atoms with E-state index in [9.17, 15) is 9.18 Å². The van der Waals surface area contributed by atoms with Crippen molar-refractivity contribution in [3.8, 4) is 0 Å². The molecule has 0 aliphatic heterocycles. The van der Waals surface area contributed by atoms with Crippen LogP contribution in [0.15, 0.2) is 53.8 Å². The summed E-state index contributed by atoms with van der Waals surface area (Å²) in [4.78, 5) is 15.8. The minimum atomic E-state index is -0.463. The van der Waals surface area contributed by atoms with Crippen LogP contribution >= 0.6 is 0 Å². The highest BCUT2D eigenvalue weighted by Gasteiger charge is 2.05. The number of carbonyl (C=O) groups excluding carboxylic acids is 1. The van der Waals surface area contributed by atoms with Gasteiger partial charge >= 0.3 is 0 Å². The van der Waals surface area contributed by atoms with Crippen LogP contribution in [0.1, 0.15) is 23.0 Å². The molecule has 0 atom stereocenters. The second-order valence-electron chi connectivity index (χ2n) is 3.86. The van der Waals surface area contributed by atoms with Gasteiger partial charge in [0.1, 0.15) is 5.82 Å². The predicted octanol–water partition coefficient (Wildman–Crippen LogP) is 2.37. The van der Waals surface area contributed by atoms with Gasteiger partial charge in [-0.15, -0.1) is 0 Å². The minimum absolute atomic E-state index is 0.220. The van der Waals surface area contributed by atoms with E-state index in [-0.39, 0.29) is 5.56 Å². The number of hydrazone groups is 1. The highest BCUT2D eigenvalue weighted by atomic mass is 19.1. The smallest absolute Gasteiger partial charge is 0.267 e. The predicted molar refractivity (Wildman–Crippen MR) is 70.3 cm³/mol. The Kier molecular flexibility index (Phi) is 3.97. The summed E-state index contributed by atoms with van der Waals surface area (Å²) in [6.45, 7) is 1.73. The lowest BCUT2D eigenvalue weighted by molar-refractivity contribution is 0.0954. The standard InChI is InChI=1S/C14H12FN3O/c1-10(13-7-2-3-8-16-13)17-18-14(19)11-5-4-6-12(15)9-11/h2-9H,1H3,(H,18,19)/b17-10+. The fraction of sp³-hybridized carbons (Fsp3) is 0.0714. The van der Waals surface area contributed by atoms with Crippen LogP contribution in [-0.2, 0) is 0 Å². The molecular formula is C14H12FN3O. The van der Waals surface area contributed by atoms with E-state index in [0.29, 0.717) is 11.4 Å². The van der Waals surface area contributed by atoms with Gasteiger partial charge in [0, 0.05) is 11.8 Å². The molecule has 0 spiro atoms. The van der Waals surface area contributed by atoms with Crippen molar-refractivity contribution in [2.75, 3.05) is 0 Å². The SMILES string of the molecule is C/C(=N\NC(=O)c1cccc(F)c1)c1ccccn1. The van der Waals surface area contributed by atoms with Crippen molar-refractivity contribution in [2.24, 2.45) is 5.10 Å². The Morgan fingerprint density at radius 3 is 2.79 bits per heavy atom. The van der Waals surface area contributed by atoms with E-state index in [1.165, 1.54) is 18.2 Å². The van der Waals surface area contributed by atoms with E-state index >= 15 is 0 Å². The van der Waals surface area contributed by atoms with Crippen LogP contribution in [0.3, 0.4) is 0 Å². The van der Waals surface area contributed by atoms with Gasteiger partial charge in [0.2, 0.25) is 0 Å². The van der Waals surface area contributed by atoms with Gasteiger partial charge in [0.05, 0.1) is 11.4 Å². The van der Waals surface area contributed by atoms with E-state index < -0.39 is 11.7 Å². The van der Waals surface area contributed by atoms with Crippen LogP contribution in [-0.4, -0.2) is 16.6 Å². The number of nitrogens with zero attached hydrogens (tertiary/aromatic N) is 2. The fourth-order valence-electron chi connectivity index (χ4n) is 1.46. The van der Waals surface area contributed by atoms with Gasteiger partial charge in [-0.25, -0.2) is 9.82 Å². The molecule has 1 amide bonds. The maximum absolute atomic E-state index is 13.0. The van der Waals surface area contributed by atoms with Gasteiger partial charge in [-0.1, -0.05) is 12.1 Å². The zero-order chi connectivity index (χ0) is 13.7. The Morgan fingerprint density at radius 1 is 1.26 bits per heavy atom. The Bertz CT molecular complexity index is 611. The molecule has 0 aliphatic carbocycles. The van der Waals surface area contributed by atoms with Crippen molar-refractivity contribution >= 4 is 11.6 Å². The third kappa shape index (κ3) is 3.45. The van der Waals surface area contributed by atoms with E-state index in [4.69, 9.17) is 0 Å². The van der Waals surface area contributed by atoms with Gasteiger partial charge in [0.25, 0.3) is 5.91 Å². The minimum Gasteiger partial charge on any atom is -0.267 e. The molecule has 4 nitrogen and oxygen atoms in total. The van der Waals surface area contributed by atoms with Gasteiger partial charge in [-0.05, 0) is 37.3 Å². The second-order valence-corrected chi connectivity index (χ2v) is 3.86. The normalized spacial score (nSPS) is 11.2. The average Bonchev–Trinajstić information content (AvgIpc) is 2.45. The molecule has 0 saturated carbocycles. The maximum Gasteiger partial charge on any atom is 0.271 e. The molecule has 1 N–H and O–H groups in total. The molecule has 2 aromatic rings. The molecule has 0 bridgehead atoms. The van der Waals surface area contributed by atoms with E-state index in [1.54, 1.807) is 25.3 Å². The lowest BCUT2D eigenvalue weighted by Crippen LogP contribution is -2.19. The molecule has 5 heteroatoms. The Morgan fingerprint density at radius 2 is 2.11 bits per heavy atom. The molecule has 0 saturated heterocycles. The quantitative estimate of drug-likeness (QED) is 0.678. The van der Waals surface area contributed by atoms with E-state index in [2.05, 4.69) is 15.5 Å². The monoisotopic (exact) mass is 257 g/mol. The molecule has 2 rings (SSSR count). The third-order valence-corrected chi connectivity index (χ3v) is 2.45. The van der Waals surface area contributed by atoms with Crippen LogP contribution in [0.2, 0.25) is 0 Å². The van der Waals surface area contributed by atoms with Crippen molar-refractivity contribution in [3.63, 3.8) is 0 Å².